The van der Waals surface area contributed by atoms with Crippen LogP contribution in [0.1, 0.15) is 5.56 Å². The average Bonchev–Trinajstić information content (AvgIpc) is 2.02. The summed E-state index contributed by atoms with van der Waals surface area (Å²) in [5.74, 6) is 0.0793. The van der Waals surface area contributed by atoms with Crippen molar-refractivity contribution in [2.24, 2.45) is 0 Å². The first-order valence-corrected chi connectivity index (χ1v) is 5.58. The number of sulfonamides is 1. The monoisotopic (exact) mass is 197 g/mol. The standard InChI is InChI=1S/C8H9N2O2S/c9-7-2-1-3-8-6(7)4-5-13(11,12)10-8/h1-3,9-10H,4-5H2. The molecular weight excluding hydrogens is 188 g/mol. The molecule has 0 unspecified atom stereocenters. The SMILES string of the molecule is [NH]c1cccc2c1CCS(=O)(=O)N2. The minimum atomic E-state index is -3.15. The first-order valence-electron chi connectivity index (χ1n) is 3.92. The Hall–Kier alpha value is -1.23. The van der Waals surface area contributed by atoms with E-state index in [1.54, 1.807) is 18.2 Å². The first kappa shape index (κ1) is 8.37. The summed E-state index contributed by atoms with van der Waals surface area (Å²) >= 11 is 0. The van der Waals surface area contributed by atoms with Crippen molar-refractivity contribution in [2.75, 3.05) is 10.5 Å². The second-order valence-corrected chi connectivity index (χ2v) is 4.84. The van der Waals surface area contributed by atoms with Crippen molar-refractivity contribution >= 4 is 21.4 Å². The van der Waals surface area contributed by atoms with Crippen molar-refractivity contribution in [1.82, 2.24) is 5.73 Å². The molecule has 1 aliphatic heterocycles. The third-order valence-corrected chi connectivity index (χ3v) is 3.33. The quantitative estimate of drug-likeness (QED) is 0.671. The molecule has 0 bridgehead atoms. The van der Waals surface area contributed by atoms with Crippen LogP contribution >= 0.6 is 0 Å². The second-order valence-electron chi connectivity index (χ2n) is 3.00. The molecule has 13 heavy (non-hydrogen) atoms. The summed E-state index contributed by atoms with van der Waals surface area (Å²) in [6.45, 7) is 0. The number of fused-ring (bicyclic) bond motifs is 1. The fourth-order valence-corrected chi connectivity index (χ4v) is 2.51. The Labute approximate surface area is 76.8 Å². The average molecular weight is 197 g/mol. The summed E-state index contributed by atoms with van der Waals surface area (Å²) in [6, 6.07) is 5.03. The van der Waals surface area contributed by atoms with Crippen molar-refractivity contribution in [3.8, 4) is 0 Å². The molecule has 0 fully saturated rings. The van der Waals surface area contributed by atoms with Gasteiger partial charge in [0.2, 0.25) is 10.0 Å². The number of hydrogen-bond donors (Lipinski definition) is 1. The van der Waals surface area contributed by atoms with E-state index in [9.17, 15) is 8.42 Å². The molecule has 2 N–H and O–H groups in total. The molecule has 0 amide bonds. The van der Waals surface area contributed by atoms with Gasteiger partial charge in [-0.05, 0) is 18.6 Å². The van der Waals surface area contributed by atoms with Crippen LogP contribution in [0.5, 0.6) is 0 Å². The predicted molar refractivity (Wildman–Crippen MR) is 50.3 cm³/mol. The third-order valence-electron chi connectivity index (χ3n) is 2.06. The fraction of sp³-hybridized carbons (Fsp3) is 0.250. The van der Waals surface area contributed by atoms with Gasteiger partial charge < -0.3 is 5.73 Å². The zero-order valence-corrected chi connectivity index (χ0v) is 7.69. The van der Waals surface area contributed by atoms with E-state index in [-0.39, 0.29) is 5.75 Å². The molecule has 1 radical (unpaired) electrons. The van der Waals surface area contributed by atoms with Crippen molar-refractivity contribution in [3.05, 3.63) is 23.8 Å². The van der Waals surface area contributed by atoms with Crippen LogP contribution in [0.15, 0.2) is 18.2 Å². The molecule has 0 saturated carbocycles. The van der Waals surface area contributed by atoms with E-state index in [1.807, 2.05) is 0 Å². The van der Waals surface area contributed by atoms with Crippen molar-refractivity contribution < 1.29 is 8.42 Å². The minimum Gasteiger partial charge on any atom is -0.301 e. The van der Waals surface area contributed by atoms with E-state index in [0.29, 0.717) is 17.8 Å². The van der Waals surface area contributed by atoms with Gasteiger partial charge in [-0.15, -0.1) is 0 Å². The normalized spacial score (nSPS) is 18.8. The molecule has 69 valence electrons. The summed E-state index contributed by atoms with van der Waals surface area (Å²) in [5, 5.41) is 0. The Morgan fingerprint density at radius 2 is 2.15 bits per heavy atom. The van der Waals surface area contributed by atoms with E-state index in [1.165, 1.54) is 0 Å². The highest BCUT2D eigenvalue weighted by Gasteiger charge is 2.21. The zero-order valence-electron chi connectivity index (χ0n) is 6.87. The Kier molecular flexibility index (Phi) is 1.69. The highest BCUT2D eigenvalue weighted by molar-refractivity contribution is 7.92. The van der Waals surface area contributed by atoms with E-state index in [4.69, 9.17) is 5.73 Å². The molecule has 0 spiro atoms. The van der Waals surface area contributed by atoms with Gasteiger partial charge in [0, 0.05) is 5.56 Å². The van der Waals surface area contributed by atoms with Crippen LogP contribution in [-0.4, -0.2) is 14.2 Å². The molecule has 0 aliphatic carbocycles. The molecule has 0 saturated heterocycles. The fourth-order valence-electron chi connectivity index (χ4n) is 1.41. The van der Waals surface area contributed by atoms with Gasteiger partial charge in [-0.25, -0.2) is 8.42 Å². The van der Waals surface area contributed by atoms with Crippen LogP contribution in [0, 0.1) is 0 Å². The van der Waals surface area contributed by atoms with Crippen molar-refractivity contribution in [2.45, 2.75) is 6.42 Å². The molecule has 0 aromatic heterocycles. The molecule has 0 atom stereocenters. The lowest BCUT2D eigenvalue weighted by Gasteiger charge is -2.18. The van der Waals surface area contributed by atoms with Crippen LogP contribution in [-0.2, 0) is 16.4 Å². The van der Waals surface area contributed by atoms with Gasteiger partial charge in [0.15, 0.2) is 0 Å². The van der Waals surface area contributed by atoms with Crippen LogP contribution in [0.3, 0.4) is 0 Å². The Bertz CT molecular complexity index is 439. The smallest absolute Gasteiger partial charge is 0.233 e. The summed E-state index contributed by atoms with van der Waals surface area (Å²) in [4.78, 5) is 0. The highest BCUT2D eigenvalue weighted by Crippen LogP contribution is 2.28. The number of benzene rings is 1. The lowest BCUT2D eigenvalue weighted by Crippen LogP contribution is -2.24. The lowest BCUT2D eigenvalue weighted by molar-refractivity contribution is 0.599. The maximum Gasteiger partial charge on any atom is 0.233 e. The largest absolute Gasteiger partial charge is 0.301 e. The van der Waals surface area contributed by atoms with Gasteiger partial charge >= 0.3 is 0 Å². The van der Waals surface area contributed by atoms with E-state index < -0.39 is 10.0 Å². The summed E-state index contributed by atoms with van der Waals surface area (Å²) in [5.41, 5.74) is 9.29. The summed E-state index contributed by atoms with van der Waals surface area (Å²) in [6.07, 6.45) is 0.435. The number of rotatable bonds is 0. The number of nitrogens with one attached hydrogen (secondary N) is 2. The van der Waals surface area contributed by atoms with E-state index in [2.05, 4.69) is 4.72 Å². The third kappa shape index (κ3) is 1.47. The Morgan fingerprint density at radius 1 is 1.38 bits per heavy atom. The van der Waals surface area contributed by atoms with Crippen LogP contribution in [0.25, 0.3) is 0 Å². The van der Waals surface area contributed by atoms with Gasteiger partial charge in [-0.2, -0.15) is 0 Å². The molecule has 1 heterocycles. The summed E-state index contributed by atoms with van der Waals surface area (Å²) in [7, 11) is -3.15. The van der Waals surface area contributed by atoms with Gasteiger partial charge in [0.1, 0.15) is 0 Å². The molecular formula is C8H9N2O2S. The molecule has 5 heteroatoms. The summed E-state index contributed by atoms with van der Waals surface area (Å²) < 4.78 is 24.7. The number of anilines is 1. The lowest BCUT2D eigenvalue weighted by atomic mass is 10.1. The first-order chi connectivity index (χ1) is 6.08. The molecule has 2 rings (SSSR count). The minimum absolute atomic E-state index is 0.0793. The van der Waals surface area contributed by atoms with Crippen LogP contribution in [0.2, 0.25) is 0 Å². The van der Waals surface area contributed by atoms with Crippen LogP contribution in [0.4, 0.5) is 11.4 Å². The van der Waals surface area contributed by atoms with Crippen LogP contribution < -0.4 is 10.5 Å². The Morgan fingerprint density at radius 3 is 2.92 bits per heavy atom. The molecule has 1 aliphatic rings. The molecule has 1 aromatic rings. The van der Waals surface area contributed by atoms with Gasteiger partial charge in [-0.1, -0.05) is 6.07 Å². The maximum absolute atomic E-state index is 11.2. The van der Waals surface area contributed by atoms with Crippen molar-refractivity contribution in [3.63, 3.8) is 0 Å². The van der Waals surface area contributed by atoms with Gasteiger partial charge in [-0.3, -0.25) is 4.72 Å². The topological polar surface area (TPSA) is 70.0 Å². The predicted octanol–water partition coefficient (Wildman–Crippen LogP) is 0.899. The zero-order chi connectivity index (χ0) is 9.47. The Balaban J connectivity index is 2.54. The maximum atomic E-state index is 11.2. The highest BCUT2D eigenvalue weighted by atomic mass is 32.2. The second kappa shape index (κ2) is 2.63. The van der Waals surface area contributed by atoms with E-state index >= 15 is 0 Å². The molecule has 1 aromatic carbocycles. The van der Waals surface area contributed by atoms with Gasteiger partial charge in [0.05, 0.1) is 17.1 Å². The van der Waals surface area contributed by atoms with Gasteiger partial charge in [0.25, 0.3) is 0 Å². The van der Waals surface area contributed by atoms with E-state index in [0.717, 1.165) is 5.56 Å². The molecule has 4 nitrogen and oxygen atoms in total. The number of hydrogen-bond acceptors (Lipinski definition) is 2. The van der Waals surface area contributed by atoms with Crippen molar-refractivity contribution in [1.29, 1.82) is 0 Å².